The number of hydrogen-bond acceptors (Lipinski definition) is 5. The standard InChI is InChI=1S/C24H21F3N6O2/c1-31-12-17(20-21(28)29-23(35-2)30-22(20)31)16-5-4-15(10-19(16)27)33-8-7-32(24(33)34)11-13-9-14(25)3-6-18(13)26/h3-6,9-10,12H,7-8,11H2,1-2H3,(H2,28,29,30). The number of urea groups is 1. The van der Waals surface area contributed by atoms with Crippen molar-refractivity contribution in [3.8, 4) is 17.1 Å². The van der Waals surface area contributed by atoms with Gasteiger partial charge in [-0.3, -0.25) is 4.90 Å². The quantitative estimate of drug-likeness (QED) is 0.463. The van der Waals surface area contributed by atoms with Crippen LogP contribution in [0.2, 0.25) is 0 Å². The molecule has 2 amide bonds. The van der Waals surface area contributed by atoms with Gasteiger partial charge in [-0.15, -0.1) is 0 Å². The zero-order valence-electron chi connectivity index (χ0n) is 18.9. The van der Waals surface area contributed by atoms with E-state index in [1.165, 1.54) is 23.0 Å². The summed E-state index contributed by atoms with van der Waals surface area (Å²) in [5, 5.41) is 0.487. The molecule has 0 radical (unpaired) electrons. The largest absolute Gasteiger partial charge is 0.467 e. The third kappa shape index (κ3) is 3.88. The lowest BCUT2D eigenvalue weighted by molar-refractivity contribution is 0.218. The zero-order valence-corrected chi connectivity index (χ0v) is 18.9. The molecule has 8 nitrogen and oxygen atoms in total. The molecule has 0 bridgehead atoms. The number of benzene rings is 2. The predicted octanol–water partition coefficient (Wildman–Crippen LogP) is 4.09. The predicted molar refractivity (Wildman–Crippen MR) is 124 cm³/mol. The molecule has 11 heteroatoms. The summed E-state index contributed by atoms with van der Waals surface area (Å²) in [6.07, 6.45) is 1.70. The molecule has 0 saturated carbocycles. The number of methoxy groups -OCH3 is 1. The van der Waals surface area contributed by atoms with E-state index >= 15 is 4.39 Å². The minimum atomic E-state index is -0.594. The minimum Gasteiger partial charge on any atom is -0.467 e. The van der Waals surface area contributed by atoms with E-state index < -0.39 is 23.5 Å². The van der Waals surface area contributed by atoms with Crippen molar-refractivity contribution < 1.29 is 22.7 Å². The molecule has 3 heterocycles. The molecule has 4 aromatic rings. The van der Waals surface area contributed by atoms with Crippen molar-refractivity contribution in [2.24, 2.45) is 7.05 Å². The number of fused-ring (bicyclic) bond motifs is 1. The summed E-state index contributed by atoms with van der Waals surface area (Å²) in [6, 6.07) is 7.25. The fourth-order valence-corrected chi connectivity index (χ4v) is 4.30. The number of carbonyl (C=O) groups is 1. The van der Waals surface area contributed by atoms with Gasteiger partial charge in [-0.05, 0) is 36.4 Å². The number of ether oxygens (including phenoxy) is 1. The lowest BCUT2D eigenvalue weighted by Crippen LogP contribution is -2.31. The van der Waals surface area contributed by atoms with E-state index in [-0.39, 0.29) is 42.6 Å². The van der Waals surface area contributed by atoms with Crippen LogP contribution in [0.15, 0.2) is 42.6 Å². The van der Waals surface area contributed by atoms with Crippen molar-refractivity contribution in [2.45, 2.75) is 6.54 Å². The lowest BCUT2D eigenvalue weighted by atomic mass is 10.0. The molecule has 35 heavy (non-hydrogen) atoms. The maximum atomic E-state index is 15.3. The van der Waals surface area contributed by atoms with Gasteiger partial charge in [0.25, 0.3) is 0 Å². The van der Waals surface area contributed by atoms with Gasteiger partial charge in [-0.1, -0.05) is 0 Å². The van der Waals surface area contributed by atoms with Crippen LogP contribution in [-0.2, 0) is 13.6 Å². The summed E-state index contributed by atoms with van der Waals surface area (Å²) < 4.78 is 49.6. The van der Waals surface area contributed by atoms with Crippen LogP contribution in [0.4, 0.5) is 29.5 Å². The SMILES string of the molecule is COc1nc(N)c2c(-c3ccc(N4CCN(Cc5cc(F)ccc5F)C4=O)cc3F)cn(C)c2n1. The van der Waals surface area contributed by atoms with Gasteiger partial charge >= 0.3 is 12.0 Å². The number of hydrogen-bond donors (Lipinski definition) is 1. The Morgan fingerprint density at radius 3 is 2.57 bits per heavy atom. The Morgan fingerprint density at radius 2 is 1.83 bits per heavy atom. The van der Waals surface area contributed by atoms with Crippen LogP contribution in [0.3, 0.4) is 0 Å². The Bertz CT molecular complexity index is 1470. The molecule has 0 aliphatic carbocycles. The van der Waals surface area contributed by atoms with Gasteiger partial charge in [0, 0.05) is 48.7 Å². The molecule has 2 N–H and O–H groups in total. The second-order valence-electron chi connectivity index (χ2n) is 8.20. The number of nitrogens with zero attached hydrogens (tertiary/aromatic N) is 5. The number of anilines is 2. The molecular weight excluding hydrogens is 461 g/mol. The Balaban J connectivity index is 1.43. The number of carbonyl (C=O) groups excluding carboxylic acids is 1. The van der Waals surface area contributed by atoms with Gasteiger partial charge in [0.15, 0.2) is 0 Å². The van der Waals surface area contributed by atoms with Gasteiger partial charge < -0.3 is 19.9 Å². The van der Waals surface area contributed by atoms with E-state index in [9.17, 15) is 13.6 Å². The van der Waals surface area contributed by atoms with E-state index in [0.29, 0.717) is 22.3 Å². The molecule has 0 atom stereocenters. The molecule has 180 valence electrons. The summed E-state index contributed by atoms with van der Waals surface area (Å²) in [7, 11) is 3.18. The van der Waals surface area contributed by atoms with E-state index in [1.807, 2.05) is 0 Å². The third-order valence-electron chi connectivity index (χ3n) is 6.02. The summed E-state index contributed by atoms with van der Waals surface area (Å²) in [6.45, 7) is 0.485. The van der Waals surface area contributed by atoms with Gasteiger partial charge in [-0.2, -0.15) is 9.97 Å². The van der Waals surface area contributed by atoms with Crippen molar-refractivity contribution in [3.63, 3.8) is 0 Å². The first-order valence-corrected chi connectivity index (χ1v) is 10.7. The van der Waals surface area contributed by atoms with Crippen LogP contribution >= 0.6 is 0 Å². The number of nitrogens with two attached hydrogens (primary N) is 1. The zero-order chi connectivity index (χ0) is 24.9. The van der Waals surface area contributed by atoms with Gasteiger partial charge in [0.2, 0.25) is 0 Å². The average Bonchev–Trinajstić information content (AvgIpc) is 3.36. The maximum Gasteiger partial charge on any atom is 0.324 e. The molecular formula is C24H21F3N6O2. The fourth-order valence-electron chi connectivity index (χ4n) is 4.30. The highest BCUT2D eigenvalue weighted by Gasteiger charge is 2.31. The smallest absolute Gasteiger partial charge is 0.324 e. The first kappa shape index (κ1) is 22.5. The molecule has 1 fully saturated rings. The van der Waals surface area contributed by atoms with Crippen molar-refractivity contribution in [3.05, 3.63) is 65.6 Å². The Kier molecular flexibility index (Phi) is 5.46. The second kappa shape index (κ2) is 8.49. The normalized spacial score (nSPS) is 13.8. The monoisotopic (exact) mass is 482 g/mol. The van der Waals surface area contributed by atoms with E-state index in [2.05, 4.69) is 9.97 Å². The van der Waals surface area contributed by atoms with Gasteiger partial charge in [0.05, 0.1) is 19.0 Å². The minimum absolute atomic E-state index is 0.0779. The van der Waals surface area contributed by atoms with E-state index in [1.54, 1.807) is 29.9 Å². The number of nitrogen functional groups attached to an aromatic ring is 1. The van der Waals surface area contributed by atoms with Crippen molar-refractivity contribution in [1.82, 2.24) is 19.4 Å². The number of amides is 2. The first-order valence-electron chi connectivity index (χ1n) is 10.7. The van der Waals surface area contributed by atoms with E-state index in [4.69, 9.17) is 10.5 Å². The number of rotatable bonds is 5. The van der Waals surface area contributed by atoms with Crippen LogP contribution in [0, 0.1) is 17.5 Å². The Labute approximate surface area is 198 Å². The highest BCUT2D eigenvalue weighted by molar-refractivity contribution is 6.01. The number of aryl methyl sites for hydroxylation is 1. The topological polar surface area (TPSA) is 89.5 Å². The van der Waals surface area contributed by atoms with Gasteiger partial charge in [-0.25, -0.2) is 18.0 Å². The van der Waals surface area contributed by atoms with Crippen molar-refractivity contribution in [2.75, 3.05) is 30.8 Å². The molecule has 0 spiro atoms. The first-order chi connectivity index (χ1) is 16.8. The van der Waals surface area contributed by atoms with Crippen LogP contribution in [0.1, 0.15) is 5.56 Å². The van der Waals surface area contributed by atoms with Crippen LogP contribution < -0.4 is 15.4 Å². The molecule has 0 unspecified atom stereocenters. The molecule has 1 saturated heterocycles. The maximum absolute atomic E-state index is 15.3. The van der Waals surface area contributed by atoms with Crippen LogP contribution in [-0.4, -0.2) is 45.7 Å². The summed E-state index contributed by atoms with van der Waals surface area (Å²) in [4.78, 5) is 24.1. The molecule has 1 aliphatic rings. The van der Waals surface area contributed by atoms with Gasteiger partial charge in [0.1, 0.15) is 28.9 Å². The van der Waals surface area contributed by atoms with E-state index in [0.717, 1.165) is 18.2 Å². The third-order valence-corrected chi connectivity index (χ3v) is 6.02. The number of aromatic nitrogens is 3. The lowest BCUT2D eigenvalue weighted by Gasteiger charge is -2.19. The second-order valence-corrected chi connectivity index (χ2v) is 8.20. The Hall–Kier alpha value is -4.28. The highest BCUT2D eigenvalue weighted by Crippen LogP contribution is 2.36. The fraction of sp³-hybridized carbons (Fsp3) is 0.208. The van der Waals surface area contributed by atoms with Crippen molar-refractivity contribution >= 4 is 28.6 Å². The summed E-state index contributed by atoms with van der Waals surface area (Å²) in [5.74, 6) is -1.59. The van der Waals surface area contributed by atoms with Crippen molar-refractivity contribution in [1.29, 1.82) is 0 Å². The molecule has 2 aromatic carbocycles. The average molecular weight is 482 g/mol. The Morgan fingerprint density at radius 1 is 1.03 bits per heavy atom. The van der Waals surface area contributed by atoms with Crippen LogP contribution in [0.25, 0.3) is 22.2 Å². The van der Waals surface area contributed by atoms with Crippen LogP contribution in [0.5, 0.6) is 6.01 Å². The highest BCUT2D eigenvalue weighted by atomic mass is 19.1. The number of halogens is 3. The molecule has 1 aliphatic heterocycles. The summed E-state index contributed by atoms with van der Waals surface area (Å²) in [5.41, 5.74) is 7.79. The molecule has 2 aromatic heterocycles. The molecule has 5 rings (SSSR count). The summed E-state index contributed by atoms with van der Waals surface area (Å²) >= 11 is 0.